The lowest BCUT2D eigenvalue weighted by atomic mass is 9.99. The second-order valence-electron chi connectivity index (χ2n) is 16.6. The second-order valence-corrected chi connectivity index (χ2v) is 16.6. The molecule has 66 heavy (non-hydrogen) atoms. The topological polar surface area (TPSA) is 21.3 Å². The molecule has 0 radical (unpaired) electrons. The van der Waals surface area contributed by atoms with Crippen molar-refractivity contribution in [3.8, 4) is 39.1 Å². The molecule has 0 atom stereocenters. The molecule has 8 aromatic carbocycles. The van der Waals surface area contributed by atoms with E-state index in [0.717, 1.165) is 79.1 Å². The first-order valence-corrected chi connectivity index (χ1v) is 22.7. The third-order valence-corrected chi connectivity index (χ3v) is 12.3. The van der Waals surface area contributed by atoms with Crippen LogP contribution in [-0.4, -0.2) is 4.57 Å². The van der Waals surface area contributed by atoms with Gasteiger partial charge in [0.05, 0.1) is 17.3 Å². The van der Waals surface area contributed by atoms with Crippen molar-refractivity contribution in [3.05, 3.63) is 266 Å². The van der Waals surface area contributed by atoms with Crippen LogP contribution in [0.15, 0.2) is 260 Å². The zero-order valence-corrected chi connectivity index (χ0v) is 37.3. The SMILES string of the molecule is C=C(/C=C\C(=C/CC)c1ccccc1)N(c1ccc(-c2cccc(-c3cccc(C)c4ccccc4oc3)c2)cc1)c1ccc(-c2ccc3c4ccccc4n(-c4ccccc4)c3c2)cc1. The number of aromatic nitrogens is 1. The number of allylic oxidation sites excluding steroid dienone is 4. The van der Waals surface area contributed by atoms with Crippen molar-refractivity contribution in [1.82, 2.24) is 4.57 Å². The summed E-state index contributed by atoms with van der Waals surface area (Å²) in [6.07, 6.45) is 9.36. The number of aryl methyl sites for hydroxylation is 1. The fraction of sp³-hybridized carbons (Fsp3) is 0.0476. The number of anilines is 2. The molecule has 10 rings (SSSR count). The van der Waals surface area contributed by atoms with Gasteiger partial charge in [-0.1, -0.05) is 183 Å². The molecule has 0 amide bonds. The highest BCUT2D eigenvalue weighted by atomic mass is 16.3. The van der Waals surface area contributed by atoms with Gasteiger partial charge in [0.2, 0.25) is 0 Å². The molecular formula is C63H50N2O. The number of nitrogens with zero attached hydrogens (tertiary/aromatic N) is 2. The smallest absolute Gasteiger partial charge is 0.134 e. The third-order valence-electron chi connectivity index (χ3n) is 12.3. The number of hydrogen-bond donors (Lipinski definition) is 0. The average molecular weight is 851 g/mol. The molecule has 2 heterocycles. The molecule has 0 saturated carbocycles. The molecule has 0 aliphatic rings. The van der Waals surface area contributed by atoms with Gasteiger partial charge in [-0.2, -0.15) is 0 Å². The maximum Gasteiger partial charge on any atom is 0.134 e. The molecule has 318 valence electrons. The van der Waals surface area contributed by atoms with E-state index < -0.39 is 0 Å². The first-order valence-electron chi connectivity index (χ1n) is 22.7. The Morgan fingerprint density at radius 1 is 0.500 bits per heavy atom. The summed E-state index contributed by atoms with van der Waals surface area (Å²) in [5.74, 6) is 0. The lowest BCUT2D eigenvalue weighted by molar-refractivity contribution is 0.608. The highest BCUT2D eigenvalue weighted by molar-refractivity contribution is 6.10. The van der Waals surface area contributed by atoms with Gasteiger partial charge < -0.3 is 13.9 Å². The van der Waals surface area contributed by atoms with Crippen LogP contribution in [0.2, 0.25) is 0 Å². The Bertz CT molecular complexity index is 3460. The molecule has 0 unspecified atom stereocenters. The summed E-state index contributed by atoms with van der Waals surface area (Å²) >= 11 is 0. The molecule has 0 bridgehead atoms. The van der Waals surface area contributed by atoms with Crippen LogP contribution >= 0.6 is 0 Å². The van der Waals surface area contributed by atoms with Crippen LogP contribution in [-0.2, 0) is 0 Å². The summed E-state index contributed by atoms with van der Waals surface area (Å²) in [5.41, 5.74) is 17.4. The Hall–Kier alpha value is -8.40. The van der Waals surface area contributed by atoms with E-state index in [4.69, 9.17) is 4.42 Å². The maximum atomic E-state index is 6.28. The van der Waals surface area contributed by atoms with Crippen molar-refractivity contribution in [2.45, 2.75) is 20.3 Å². The van der Waals surface area contributed by atoms with Crippen LogP contribution in [0.3, 0.4) is 0 Å². The van der Waals surface area contributed by atoms with E-state index in [2.05, 4.69) is 248 Å². The van der Waals surface area contributed by atoms with Crippen LogP contribution in [0.5, 0.6) is 0 Å². The van der Waals surface area contributed by atoms with Gasteiger partial charge >= 0.3 is 0 Å². The number of hydrogen-bond acceptors (Lipinski definition) is 2. The fourth-order valence-electron chi connectivity index (χ4n) is 8.98. The maximum absolute atomic E-state index is 6.28. The Kier molecular flexibility index (Phi) is 11.8. The van der Waals surface area contributed by atoms with E-state index in [1.165, 1.54) is 32.9 Å². The summed E-state index contributed by atoms with van der Waals surface area (Å²) in [7, 11) is 0. The van der Waals surface area contributed by atoms with Gasteiger partial charge in [-0.3, -0.25) is 0 Å². The number of benzene rings is 8. The first-order chi connectivity index (χ1) is 32.5. The van der Waals surface area contributed by atoms with Crippen molar-refractivity contribution in [1.29, 1.82) is 0 Å². The predicted octanol–water partition coefficient (Wildman–Crippen LogP) is 17.7. The van der Waals surface area contributed by atoms with Crippen LogP contribution < -0.4 is 4.90 Å². The van der Waals surface area contributed by atoms with Crippen molar-refractivity contribution >= 4 is 49.7 Å². The number of para-hydroxylation sites is 3. The van der Waals surface area contributed by atoms with E-state index in [1.807, 2.05) is 24.5 Å². The van der Waals surface area contributed by atoms with Crippen molar-refractivity contribution in [2.75, 3.05) is 4.90 Å². The molecular weight excluding hydrogens is 801 g/mol. The van der Waals surface area contributed by atoms with Crippen molar-refractivity contribution in [3.63, 3.8) is 0 Å². The van der Waals surface area contributed by atoms with E-state index in [9.17, 15) is 0 Å². The Labute approximate surface area is 387 Å². The summed E-state index contributed by atoms with van der Waals surface area (Å²) < 4.78 is 8.65. The molecule has 0 aliphatic heterocycles. The van der Waals surface area contributed by atoms with Gasteiger partial charge in [0, 0.05) is 44.5 Å². The van der Waals surface area contributed by atoms with Crippen LogP contribution in [0.1, 0.15) is 24.5 Å². The highest BCUT2D eigenvalue weighted by Crippen LogP contribution is 2.38. The van der Waals surface area contributed by atoms with E-state index in [0.29, 0.717) is 0 Å². The first kappa shape index (κ1) is 41.6. The van der Waals surface area contributed by atoms with Gasteiger partial charge in [0.25, 0.3) is 0 Å². The quantitative estimate of drug-likeness (QED) is 0.121. The molecule has 0 saturated heterocycles. The Morgan fingerprint density at radius 3 is 1.77 bits per heavy atom. The van der Waals surface area contributed by atoms with Gasteiger partial charge in [-0.05, 0) is 125 Å². The molecule has 3 heteroatoms. The molecule has 3 nitrogen and oxygen atoms in total. The molecule has 10 aromatic rings. The Balaban J connectivity index is 1.00. The minimum atomic E-state index is 0.845. The monoisotopic (exact) mass is 850 g/mol. The molecule has 0 spiro atoms. The van der Waals surface area contributed by atoms with Gasteiger partial charge in [-0.25, -0.2) is 0 Å². The summed E-state index contributed by atoms with van der Waals surface area (Å²) in [5, 5.41) is 3.58. The highest BCUT2D eigenvalue weighted by Gasteiger charge is 2.16. The zero-order valence-electron chi connectivity index (χ0n) is 37.3. The van der Waals surface area contributed by atoms with Crippen LogP contribution in [0.25, 0.3) is 77.4 Å². The molecule has 0 N–H and O–H groups in total. The minimum Gasteiger partial charge on any atom is -0.464 e. The van der Waals surface area contributed by atoms with Gasteiger partial charge in [0.15, 0.2) is 0 Å². The third kappa shape index (κ3) is 8.51. The van der Waals surface area contributed by atoms with E-state index >= 15 is 0 Å². The summed E-state index contributed by atoms with van der Waals surface area (Å²) in [4.78, 5) is 2.24. The Morgan fingerprint density at radius 2 is 1.06 bits per heavy atom. The van der Waals surface area contributed by atoms with E-state index in [1.54, 1.807) is 0 Å². The number of fused-ring (bicyclic) bond motifs is 4. The fourth-order valence-corrected chi connectivity index (χ4v) is 8.98. The standard InChI is InChI=1S/C63H50N2O/c1-4-17-47(48-19-7-5-8-20-48)31-30-46(3)64(56-37-32-49(33-38-56)51-21-16-22-52(42-51)54-23-15-18-45(2)58-26-12-14-29-63(58)66-44-54)57-39-34-50(35-40-57)53-36-41-60-59-27-11-13-28-61(59)65(62(60)43-53)55-24-9-6-10-25-55/h5-44H,3-4H2,1-2H3/b23-15?,31-30-,45-18?,47-17+,54-44?. The predicted molar refractivity (Wildman–Crippen MR) is 281 cm³/mol. The normalized spacial score (nSPS) is 11.6. The lowest BCUT2D eigenvalue weighted by Crippen LogP contribution is -2.14. The summed E-state index contributed by atoms with van der Waals surface area (Å²) in [6, 6.07) is 77.5. The molecule has 2 aromatic heterocycles. The average Bonchev–Trinajstić information content (AvgIpc) is 3.74. The largest absolute Gasteiger partial charge is 0.464 e. The van der Waals surface area contributed by atoms with Crippen molar-refractivity contribution < 1.29 is 4.42 Å². The minimum absolute atomic E-state index is 0.845. The van der Waals surface area contributed by atoms with E-state index in [-0.39, 0.29) is 0 Å². The van der Waals surface area contributed by atoms with Gasteiger partial charge in [-0.15, -0.1) is 0 Å². The number of rotatable bonds is 11. The molecule has 0 fully saturated rings. The second kappa shape index (κ2) is 18.8. The lowest BCUT2D eigenvalue weighted by Gasteiger charge is -2.26. The van der Waals surface area contributed by atoms with Gasteiger partial charge in [0.1, 0.15) is 5.58 Å². The molecule has 0 aliphatic carbocycles. The summed E-state index contributed by atoms with van der Waals surface area (Å²) in [6.45, 7) is 8.96. The van der Waals surface area contributed by atoms with Crippen LogP contribution in [0, 0.1) is 6.92 Å². The zero-order chi connectivity index (χ0) is 44.8. The van der Waals surface area contributed by atoms with Crippen molar-refractivity contribution in [2.24, 2.45) is 0 Å². The van der Waals surface area contributed by atoms with Crippen LogP contribution in [0.4, 0.5) is 11.4 Å².